The molecule has 2 aromatic rings. The van der Waals surface area contributed by atoms with Crippen LogP contribution in [-0.4, -0.2) is 48.2 Å². The van der Waals surface area contributed by atoms with Gasteiger partial charge in [0.25, 0.3) is 5.56 Å². The molecule has 0 spiro atoms. The number of rotatable bonds is 9. The van der Waals surface area contributed by atoms with Gasteiger partial charge in [0.1, 0.15) is 0 Å². The minimum absolute atomic E-state index is 0.0170. The highest BCUT2D eigenvalue weighted by molar-refractivity contribution is 6.42. The third-order valence-corrected chi connectivity index (χ3v) is 7.79. The van der Waals surface area contributed by atoms with Crippen molar-refractivity contribution in [2.24, 2.45) is 13.0 Å². The smallest absolute Gasteiger partial charge is 0.250 e. The molecule has 6 nitrogen and oxygen atoms in total. The molecule has 1 aromatic carbocycles. The fraction of sp³-hybridized carbons (Fsp3) is 0.538. The summed E-state index contributed by atoms with van der Waals surface area (Å²) >= 11 is 13.1. The summed E-state index contributed by atoms with van der Waals surface area (Å²) in [5.74, 6) is -0.0821. The molecule has 0 bridgehead atoms. The molecule has 1 saturated carbocycles. The van der Waals surface area contributed by atoms with Crippen molar-refractivity contribution < 1.29 is 9.53 Å². The molecule has 2 fully saturated rings. The quantitative estimate of drug-likeness (QED) is 0.519. The van der Waals surface area contributed by atoms with E-state index in [1.165, 1.54) is 0 Å². The van der Waals surface area contributed by atoms with E-state index in [0.717, 1.165) is 55.3 Å². The number of hydrogen-bond acceptors (Lipinski definition) is 4. The van der Waals surface area contributed by atoms with E-state index >= 15 is 0 Å². The maximum absolute atomic E-state index is 13.9. The van der Waals surface area contributed by atoms with Gasteiger partial charge in [-0.15, -0.1) is 0 Å². The number of piperidine rings is 1. The van der Waals surface area contributed by atoms with Gasteiger partial charge in [-0.05, 0) is 73.4 Å². The maximum Gasteiger partial charge on any atom is 0.250 e. The molecule has 2 heterocycles. The number of nitrogens with one attached hydrogen (secondary N) is 1. The second-order valence-corrected chi connectivity index (χ2v) is 10.2. The van der Waals surface area contributed by atoms with Crippen molar-refractivity contribution in [3.05, 3.63) is 67.6 Å². The third kappa shape index (κ3) is 5.85. The first-order chi connectivity index (χ1) is 16.4. The fourth-order valence-corrected chi connectivity index (χ4v) is 5.30. The lowest BCUT2D eigenvalue weighted by atomic mass is 9.80. The van der Waals surface area contributed by atoms with Gasteiger partial charge in [-0.3, -0.25) is 9.59 Å². The predicted octanol–water partition coefficient (Wildman–Crippen LogP) is 4.16. The lowest BCUT2D eigenvalue weighted by Crippen LogP contribution is -2.47. The topological polar surface area (TPSA) is 63.6 Å². The fourth-order valence-electron chi connectivity index (χ4n) is 4.87. The minimum Gasteiger partial charge on any atom is -0.385 e. The van der Waals surface area contributed by atoms with E-state index in [1.807, 2.05) is 17.0 Å². The van der Waals surface area contributed by atoms with Crippen LogP contribution in [0.3, 0.4) is 0 Å². The van der Waals surface area contributed by atoms with Gasteiger partial charge >= 0.3 is 0 Å². The van der Waals surface area contributed by atoms with E-state index in [-0.39, 0.29) is 29.3 Å². The lowest BCUT2D eigenvalue weighted by Gasteiger charge is -2.36. The molecule has 8 heteroatoms. The highest BCUT2D eigenvalue weighted by atomic mass is 35.5. The van der Waals surface area contributed by atoms with E-state index in [1.54, 1.807) is 31.0 Å². The molecule has 34 heavy (non-hydrogen) atoms. The Morgan fingerprint density at radius 1 is 1.24 bits per heavy atom. The van der Waals surface area contributed by atoms with Crippen molar-refractivity contribution in [1.29, 1.82) is 0 Å². The van der Waals surface area contributed by atoms with E-state index in [9.17, 15) is 9.59 Å². The number of benzene rings is 1. The van der Waals surface area contributed by atoms with Crippen molar-refractivity contribution in [3.63, 3.8) is 0 Å². The number of carbonyl (C=O) groups excluding carboxylic acids is 1. The van der Waals surface area contributed by atoms with Crippen LogP contribution in [0.1, 0.15) is 48.3 Å². The van der Waals surface area contributed by atoms with E-state index in [4.69, 9.17) is 27.9 Å². The highest BCUT2D eigenvalue weighted by Crippen LogP contribution is 2.37. The van der Waals surface area contributed by atoms with E-state index in [0.29, 0.717) is 29.7 Å². The van der Waals surface area contributed by atoms with Gasteiger partial charge in [0.2, 0.25) is 5.91 Å². The molecule has 1 aromatic heterocycles. The van der Waals surface area contributed by atoms with Crippen LogP contribution in [0.2, 0.25) is 10.0 Å². The number of ether oxygens (including phenoxy) is 1. The average Bonchev–Trinajstić information content (AvgIpc) is 3.67. The molecule has 4 rings (SSSR count). The summed E-state index contributed by atoms with van der Waals surface area (Å²) in [6.07, 6.45) is 6.35. The van der Waals surface area contributed by atoms with Crippen LogP contribution in [0.5, 0.6) is 0 Å². The van der Waals surface area contributed by atoms with Crippen LogP contribution in [0.25, 0.3) is 0 Å². The van der Waals surface area contributed by atoms with Crippen molar-refractivity contribution >= 4 is 29.1 Å². The van der Waals surface area contributed by atoms with E-state index < -0.39 is 0 Å². The molecule has 1 aliphatic carbocycles. The van der Waals surface area contributed by atoms with Crippen molar-refractivity contribution in [1.82, 2.24) is 14.8 Å². The lowest BCUT2D eigenvalue weighted by molar-refractivity contribution is -0.138. The number of carbonyl (C=O) groups is 1. The van der Waals surface area contributed by atoms with Crippen LogP contribution < -0.4 is 10.9 Å². The Balaban J connectivity index is 1.58. The first-order valence-electron chi connectivity index (χ1n) is 12.0. The minimum atomic E-state index is -0.222. The van der Waals surface area contributed by atoms with Crippen molar-refractivity contribution in [3.8, 4) is 0 Å². The molecule has 0 radical (unpaired) electrons. The molecule has 1 saturated heterocycles. The summed E-state index contributed by atoms with van der Waals surface area (Å²) in [4.78, 5) is 28.2. The van der Waals surface area contributed by atoms with E-state index in [2.05, 4.69) is 11.4 Å². The number of pyridine rings is 1. The summed E-state index contributed by atoms with van der Waals surface area (Å²) in [5, 5.41) is 4.42. The third-order valence-electron chi connectivity index (χ3n) is 6.94. The summed E-state index contributed by atoms with van der Waals surface area (Å²) in [6.45, 7) is 2.56. The molecular formula is C26H33Cl2N3O3. The maximum atomic E-state index is 13.9. The monoisotopic (exact) mass is 505 g/mol. The Hall–Kier alpha value is -1.86. The van der Waals surface area contributed by atoms with Gasteiger partial charge in [0.15, 0.2) is 0 Å². The Morgan fingerprint density at radius 2 is 2.03 bits per heavy atom. The molecule has 1 aliphatic heterocycles. The van der Waals surface area contributed by atoms with Gasteiger partial charge in [0.05, 0.1) is 16.0 Å². The zero-order valence-corrected chi connectivity index (χ0v) is 21.4. The standard InChI is InChI=1S/C26H33Cl2N3O3/c1-30-10-8-18(14-24(30)32)21-7-9-29-15-22(21)26(33)31(20-5-6-20)16-19-12-17(4-3-11-34-2)13-23(27)25(19)28/h8,10,12-14,20-22,29H,3-7,9,11,15-16H2,1-2H3/t21?,22-/m0/s1. The second kappa shape index (κ2) is 11.3. The van der Waals surface area contributed by atoms with Crippen LogP contribution in [-0.2, 0) is 29.5 Å². The number of amides is 1. The highest BCUT2D eigenvalue weighted by Gasteiger charge is 2.40. The van der Waals surface area contributed by atoms with Crippen LogP contribution in [0.4, 0.5) is 0 Å². The summed E-state index contributed by atoms with van der Waals surface area (Å²) < 4.78 is 6.73. The molecule has 2 aliphatic rings. The molecule has 184 valence electrons. The molecular weight excluding hydrogens is 473 g/mol. The van der Waals surface area contributed by atoms with Crippen molar-refractivity contribution in [2.45, 2.75) is 50.6 Å². The van der Waals surface area contributed by atoms with Crippen LogP contribution in [0, 0.1) is 5.92 Å². The number of nitrogens with zero attached hydrogens (tertiary/aromatic N) is 2. The Bertz CT molecular complexity index is 1080. The molecule has 1 unspecified atom stereocenters. The Labute approximate surface area is 211 Å². The second-order valence-electron chi connectivity index (χ2n) is 9.46. The molecule has 2 atom stereocenters. The SMILES string of the molecule is COCCCc1cc(Cl)c(Cl)c(CN(C(=O)[C@H]2CNCCC2c2ccn(C)c(=O)c2)C2CC2)c1. The number of methoxy groups -OCH3 is 1. The summed E-state index contributed by atoms with van der Waals surface area (Å²) in [7, 11) is 3.43. The Kier molecular flexibility index (Phi) is 8.35. The first-order valence-corrected chi connectivity index (χ1v) is 12.8. The normalized spacial score (nSPS) is 20.4. The van der Waals surface area contributed by atoms with Gasteiger partial charge < -0.3 is 19.5 Å². The van der Waals surface area contributed by atoms with Gasteiger partial charge in [-0.1, -0.05) is 29.3 Å². The zero-order chi connectivity index (χ0) is 24.2. The first kappa shape index (κ1) is 25.2. The largest absolute Gasteiger partial charge is 0.385 e. The summed E-state index contributed by atoms with van der Waals surface area (Å²) in [6, 6.07) is 7.86. The average molecular weight is 506 g/mol. The van der Waals surface area contributed by atoms with Crippen LogP contribution in [0.15, 0.2) is 35.3 Å². The number of aryl methyl sites for hydroxylation is 2. The molecule has 1 amide bonds. The number of hydrogen-bond donors (Lipinski definition) is 1. The van der Waals surface area contributed by atoms with Gasteiger partial charge in [0, 0.05) is 52.2 Å². The zero-order valence-electron chi connectivity index (χ0n) is 19.9. The van der Waals surface area contributed by atoms with Crippen LogP contribution >= 0.6 is 23.2 Å². The summed E-state index contributed by atoms with van der Waals surface area (Å²) in [5.41, 5.74) is 2.88. The van der Waals surface area contributed by atoms with Gasteiger partial charge in [-0.25, -0.2) is 0 Å². The Morgan fingerprint density at radius 3 is 2.74 bits per heavy atom. The van der Waals surface area contributed by atoms with Gasteiger partial charge in [-0.2, -0.15) is 0 Å². The molecule has 1 N–H and O–H groups in total. The number of halogens is 2. The van der Waals surface area contributed by atoms with Crippen molar-refractivity contribution in [2.75, 3.05) is 26.8 Å². The predicted molar refractivity (Wildman–Crippen MR) is 136 cm³/mol. The number of aromatic nitrogens is 1.